The van der Waals surface area contributed by atoms with Gasteiger partial charge in [-0.1, -0.05) is 18.2 Å². The second-order valence-corrected chi connectivity index (χ2v) is 9.85. The van der Waals surface area contributed by atoms with Crippen LogP contribution in [0.2, 0.25) is 0 Å². The number of hydrogen-bond acceptors (Lipinski definition) is 5. The number of rotatable bonds is 2. The Kier molecular flexibility index (Phi) is 5.62. The van der Waals surface area contributed by atoms with Gasteiger partial charge in [-0.3, -0.25) is 4.79 Å². The van der Waals surface area contributed by atoms with Gasteiger partial charge in [-0.05, 0) is 49.7 Å². The Labute approximate surface area is 166 Å². The lowest BCUT2D eigenvalue weighted by Crippen LogP contribution is -2.50. The molecule has 8 heteroatoms. The first-order valence-electron chi connectivity index (χ1n) is 10.0. The lowest BCUT2D eigenvalue weighted by atomic mass is 9.82. The van der Waals surface area contributed by atoms with Crippen LogP contribution < -0.4 is 9.46 Å². The maximum absolute atomic E-state index is 12.9. The van der Waals surface area contributed by atoms with Crippen molar-refractivity contribution in [2.45, 2.75) is 56.2 Å². The molecule has 1 unspecified atom stereocenters. The molecule has 0 aromatic heterocycles. The van der Waals surface area contributed by atoms with Gasteiger partial charge in [0.25, 0.3) is 5.91 Å². The molecule has 5 rings (SSSR count). The molecule has 154 valence electrons. The molecule has 3 aliphatic heterocycles. The standard InChI is InChI=1S/C20H28N2O5S/c1-28(24,25)21-17-10-11-22-18(17)12-26-15-8-6-14(7-9-15)16-4-2-3-5-19(16)27-13-20(22)23/h2-5,14-15,17-18,21H,6-13H2,1H3/t14?,15?,17-,18?/m0/s1. The first-order valence-corrected chi connectivity index (χ1v) is 11.9. The van der Waals surface area contributed by atoms with Crippen LogP contribution in [0, 0.1) is 0 Å². The zero-order valence-corrected chi connectivity index (χ0v) is 17.0. The van der Waals surface area contributed by atoms with Crippen molar-refractivity contribution in [3.05, 3.63) is 29.8 Å². The molecule has 1 saturated carbocycles. The molecular formula is C20H28N2O5S. The number of amides is 1. The highest BCUT2D eigenvalue weighted by Gasteiger charge is 2.39. The van der Waals surface area contributed by atoms with E-state index in [1.165, 1.54) is 5.56 Å². The Morgan fingerprint density at radius 1 is 1.11 bits per heavy atom. The van der Waals surface area contributed by atoms with E-state index in [0.717, 1.165) is 37.7 Å². The second kappa shape index (κ2) is 8.00. The summed E-state index contributed by atoms with van der Waals surface area (Å²) in [6.45, 7) is 0.800. The van der Waals surface area contributed by atoms with Crippen molar-refractivity contribution in [2.75, 3.05) is 26.0 Å². The van der Waals surface area contributed by atoms with E-state index in [2.05, 4.69) is 10.8 Å². The van der Waals surface area contributed by atoms with Crippen LogP contribution in [0.3, 0.4) is 0 Å². The van der Waals surface area contributed by atoms with Crippen molar-refractivity contribution in [1.29, 1.82) is 0 Å². The molecule has 1 amide bonds. The summed E-state index contributed by atoms with van der Waals surface area (Å²) in [5.41, 5.74) is 1.17. The Morgan fingerprint density at radius 2 is 1.86 bits per heavy atom. The number of hydrogen-bond donors (Lipinski definition) is 1. The summed E-state index contributed by atoms with van der Waals surface area (Å²) < 4.78 is 38.3. The highest BCUT2D eigenvalue weighted by atomic mass is 32.2. The normalized spacial score (nSPS) is 31.2. The van der Waals surface area contributed by atoms with Gasteiger partial charge in [0.05, 0.1) is 25.0 Å². The van der Waals surface area contributed by atoms with E-state index in [-0.39, 0.29) is 30.7 Å². The number of benzene rings is 1. The highest BCUT2D eigenvalue weighted by molar-refractivity contribution is 7.88. The van der Waals surface area contributed by atoms with Crippen LogP contribution in [0.4, 0.5) is 0 Å². The number of nitrogens with zero attached hydrogens (tertiary/aromatic N) is 1. The Balaban J connectivity index is 1.59. The van der Waals surface area contributed by atoms with E-state index in [0.29, 0.717) is 25.5 Å². The topological polar surface area (TPSA) is 84.9 Å². The van der Waals surface area contributed by atoms with Crippen molar-refractivity contribution in [2.24, 2.45) is 0 Å². The Morgan fingerprint density at radius 3 is 2.61 bits per heavy atom. The highest BCUT2D eigenvalue weighted by Crippen LogP contribution is 2.38. The minimum absolute atomic E-state index is 0.0464. The molecule has 4 aliphatic rings. The Hall–Kier alpha value is -1.64. The molecule has 28 heavy (non-hydrogen) atoms. The van der Waals surface area contributed by atoms with Gasteiger partial charge in [0.2, 0.25) is 10.0 Å². The van der Waals surface area contributed by atoms with Crippen LogP contribution in [-0.4, -0.2) is 63.4 Å². The zero-order chi connectivity index (χ0) is 19.7. The molecule has 0 spiro atoms. The first kappa shape index (κ1) is 19.7. The van der Waals surface area contributed by atoms with Crippen molar-refractivity contribution in [1.82, 2.24) is 9.62 Å². The monoisotopic (exact) mass is 408 g/mol. The molecule has 1 aromatic rings. The van der Waals surface area contributed by atoms with Crippen molar-refractivity contribution in [3.63, 3.8) is 0 Å². The van der Waals surface area contributed by atoms with Gasteiger partial charge in [0.15, 0.2) is 6.61 Å². The van der Waals surface area contributed by atoms with Crippen LogP contribution in [0.15, 0.2) is 24.3 Å². The predicted octanol–water partition coefficient (Wildman–Crippen LogP) is 1.64. The summed E-state index contributed by atoms with van der Waals surface area (Å²) in [5, 5.41) is 0. The van der Waals surface area contributed by atoms with E-state index in [9.17, 15) is 13.2 Å². The molecule has 1 saturated heterocycles. The number of carbonyl (C=O) groups excluding carboxylic acids is 1. The summed E-state index contributed by atoms with van der Waals surface area (Å²) in [4.78, 5) is 14.6. The number of sulfonamides is 1. The molecule has 2 bridgehead atoms. The summed E-state index contributed by atoms with van der Waals surface area (Å²) in [6.07, 6.45) is 5.86. The van der Waals surface area contributed by atoms with Gasteiger partial charge in [-0.25, -0.2) is 13.1 Å². The lowest BCUT2D eigenvalue weighted by Gasteiger charge is -2.32. The van der Waals surface area contributed by atoms with Gasteiger partial charge in [-0.2, -0.15) is 0 Å². The van der Waals surface area contributed by atoms with Gasteiger partial charge in [0, 0.05) is 12.6 Å². The zero-order valence-electron chi connectivity index (χ0n) is 16.2. The van der Waals surface area contributed by atoms with Crippen LogP contribution >= 0.6 is 0 Å². The Bertz CT molecular complexity index is 820. The number of nitrogens with one attached hydrogen (secondary N) is 1. The van der Waals surface area contributed by atoms with Crippen molar-refractivity contribution < 1.29 is 22.7 Å². The second-order valence-electron chi connectivity index (χ2n) is 8.07. The molecule has 1 aliphatic carbocycles. The van der Waals surface area contributed by atoms with E-state index in [1.807, 2.05) is 18.2 Å². The third-order valence-corrected chi connectivity index (χ3v) is 6.85. The molecule has 2 atom stereocenters. The fourth-order valence-electron chi connectivity index (χ4n) is 4.73. The van der Waals surface area contributed by atoms with Crippen LogP contribution in [-0.2, 0) is 19.6 Å². The van der Waals surface area contributed by atoms with Crippen LogP contribution in [0.1, 0.15) is 43.6 Å². The minimum atomic E-state index is -3.36. The molecule has 1 N–H and O–H groups in total. The van der Waals surface area contributed by atoms with Gasteiger partial charge in [0.1, 0.15) is 5.75 Å². The summed E-state index contributed by atoms with van der Waals surface area (Å²) in [6, 6.07) is 7.34. The maximum Gasteiger partial charge on any atom is 0.260 e. The van der Waals surface area contributed by atoms with Gasteiger partial charge in [-0.15, -0.1) is 0 Å². The smallest absolute Gasteiger partial charge is 0.260 e. The predicted molar refractivity (Wildman–Crippen MR) is 105 cm³/mol. The lowest BCUT2D eigenvalue weighted by molar-refractivity contribution is -0.136. The third-order valence-electron chi connectivity index (χ3n) is 6.12. The van der Waals surface area contributed by atoms with E-state index < -0.39 is 10.0 Å². The number of para-hydroxylation sites is 1. The fourth-order valence-corrected chi connectivity index (χ4v) is 5.55. The maximum atomic E-state index is 12.9. The van der Waals surface area contributed by atoms with Crippen LogP contribution in [0.25, 0.3) is 0 Å². The third kappa shape index (κ3) is 4.34. The van der Waals surface area contributed by atoms with E-state index in [4.69, 9.17) is 9.47 Å². The molecule has 7 nitrogen and oxygen atoms in total. The van der Waals surface area contributed by atoms with Crippen molar-refractivity contribution >= 4 is 15.9 Å². The average Bonchev–Trinajstić information content (AvgIpc) is 3.05. The summed E-state index contributed by atoms with van der Waals surface area (Å²) >= 11 is 0. The molecule has 0 radical (unpaired) electrons. The first-order chi connectivity index (χ1) is 13.4. The van der Waals surface area contributed by atoms with Crippen LogP contribution in [0.5, 0.6) is 5.75 Å². The number of fused-ring (bicyclic) bond motifs is 5. The molecule has 3 heterocycles. The SMILES string of the molecule is CS(=O)(=O)N[C@H]1CCN2C(=O)COc3ccccc3C3CCC(CC3)OCC12. The molecule has 2 fully saturated rings. The molecule has 1 aromatic carbocycles. The minimum Gasteiger partial charge on any atom is -0.483 e. The van der Waals surface area contributed by atoms with Gasteiger partial charge >= 0.3 is 0 Å². The summed E-state index contributed by atoms with van der Waals surface area (Å²) in [7, 11) is -3.36. The number of ether oxygens (including phenoxy) is 2. The quantitative estimate of drug-likeness (QED) is 0.804. The fraction of sp³-hybridized carbons (Fsp3) is 0.650. The molecular weight excluding hydrogens is 380 g/mol. The van der Waals surface area contributed by atoms with E-state index >= 15 is 0 Å². The van der Waals surface area contributed by atoms with Gasteiger partial charge < -0.3 is 14.4 Å². The number of carbonyl (C=O) groups is 1. The largest absolute Gasteiger partial charge is 0.483 e. The van der Waals surface area contributed by atoms with Crippen molar-refractivity contribution in [3.8, 4) is 5.75 Å². The average molecular weight is 409 g/mol. The van der Waals surface area contributed by atoms with E-state index in [1.54, 1.807) is 4.90 Å². The summed E-state index contributed by atoms with van der Waals surface area (Å²) in [5.74, 6) is 1.07.